The van der Waals surface area contributed by atoms with Crippen molar-refractivity contribution in [2.75, 3.05) is 38.0 Å². The van der Waals surface area contributed by atoms with E-state index in [9.17, 15) is 4.79 Å². The van der Waals surface area contributed by atoms with Gasteiger partial charge in [0.15, 0.2) is 0 Å². The minimum absolute atomic E-state index is 0.0573. The van der Waals surface area contributed by atoms with Crippen molar-refractivity contribution in [1.82, 2.24) is 14.8 Å². The summed E-state index contributed by atoms with van der Waals surface area (Å²) >= 11 is 1.78. The lowest BCUT2D eigenvalue weighted by atomic mass is 10.0. The highest BCUT2D eigenvalue weighted by Crippen LogP contribution is 2.23. The van der Waals surface area contributed by atoms with Gasteiger partial charge in [0.1, 0.15) is 5.01 Å². The summed E-state index contributed by atoms with van der Waals surface area (Å²) in [5.41, 5.74) is 3.24. The lowest BCUT2D eigenvalue weighted by Crippen LogP contribution is -2.48. The molecule has 0 unspecified atom stereocenters. The molecule has 1 aliphatic heterocycles. The molecule has 1 aliphatic rings. The van der Waals surface area contributed by atoms with Crippen LogP contribution in [0.2, 0.25) is 0 Å². The van der Waals surface area contributed by atoms with Crippen LogP contribution in [0.1, 0.15) is 30.3 Å². The number of anilines is 1. The Balaban J connectivity index is 1.23. The van der Waals surface area contributed by atoms with Crippen molar-refractivity contribution in [3.8, 4) is 0 Å². The molecule has 6 heteroatoms. The largest absolute Gasteiger partial charge is 0.325 e. The number of hydrogen-bond acceptors (Lipinski definition) is 5. The average molecular weight is 409 g/mol. The normalized spacial score (nSPS) is 15.8. The molecule has 0 aliphatic carbocycles. The number of nitrogens with one attached hydrogen (secondary N) is 1. The number of nitrogens with zero attached hydrogens (tertiary/aromatic N) is 3. The van der Waals surface area contributed by atoms with Crippen LogP contribution in [0.5, 0.6) is 0 Å². The molecule has 2 heterocycles. The van der Waals surface area contributed by atoms with Gasteiger partial charge in [0.2, 0.25) is 5.91 Å². The summed E-state index contributed by atoms with van der Waals surface area (Å²) in [6, 6.07) is 16.4. The highest BCUT2D eigenvalue weighted by molar-refractivity contribution is 7.18. The van der Waals surface area contributed by atoms with Crippen molar-refractivity contribution in [2.24, 2.45) is 0 Å². The van der Waals surface area contributed by atoms with Gasteiger partial charge in [-0.15, -0.1) is 11.3 Å². The Morgan fingerprint density at radius 3 is 2.41 bits per heavy atom. The Morgan fingerprint density at radius 2 is 1.72 bits per heavy atom. The van der Waals surface area contributed by atoms with Gasteiger partial charge in [0.05, 0.1) is 23.3 Å². The monoisotopic (exact) mass is 408 g/mol. The Labute approximate surface area is 176 Å². The molecular weight excluding hydrogens is 380 g/mol. The number of amides is 1. The van der Waals surface area contributed by atoms with Crippen LogP contribution >= 0.6 is 11.3 Å². The number of benzene rings is 2. The number of rotatable bonds is 6. The Morgan fingerprint density at radius 1 is 1.03 bits per heavy atom. The number of hydrogen-bond donors (Lipinski definition) is 1. The van der Waals surface area contributed by atoms with Crippen LogP contribution in [-0.2, 0) is 11.3 Å². The fourth-order valence-electron chi connectivity index (χ4n) is 3.64. The topological polar surface area (TPSA) is 48.5 Å². The second-order valence-electron chi connectivity index (χ2n) is 7.95. The van der Waals surface area contributed by atoms with Crippen LogP contribution in [0.4, 0.5) is 5.69 Å². The molecule has 4 rings (SSSR count). The molecule has 152 valence electrons. The maximum atomic E-state index is 12.4. The fourth-order valence-corrected chi connectivity index (χ4v) is 4.65. The Hall–Kier alpha value is -2.28. The van der Waals surface area contributed by atoms with E-state index in [1.165, 1.54) is 15.3 Å². The number of para-hydroxylation sites is 1. The van der Waals surface area contributed by atoms with Crippen LogP contribution in [0.3, 0.4) is 0 Å². The van der Waals surface area contributed by atoms with E-state index in [0.717, 1.165) is 43.9 Å². The molecule has 1 saturated heterocycles. The van der Waals surface area contributed by atoms with Crippen molar-refractivity contribution in [3.63, 3.8) is 0 Å². The average Bonchev–Trinajstić information content (AvgIpc) is 3.12. The van der Waals surface area contributed by atoms with Crippen LogP contribution in [0.15, 0.2) is 48.5 Å². The maximum absolute atomic E-state index is 12.4. The zero-order valence-corrected chi connectivity index (χ0v) is 17.9. The minimum Gasteiger partial charge on any atom is -0.325 e. The highest BCUT2D eigenvalue weighted by atomic mass is 32.1. The smallest absolute Gasteiger partial charge is 0.238 e. The molecule has 0 radical (unpaired) electrons. The van der Waals surface area contributed by atoms with Gasteiger partial charge < -0.3 is 5.32 Å². The molecule has 0 atom stereocenters. The molecule has 5 nitrogen and oxygen atoms in total. The summed E-state index contributed by atoms with van der Waals surface area (Å²) in [4.78, 5) is 21.8. The minimum atomic E-state index is 0.0573. The molecule has 1 aromatic heterocycles. The first kappa shape index (κ1) is 20.0. The van der Waals surface area contributed by atoms with Crippen molar-refractivity contribution in [3.05, 3.63) is 59.1 Å². The maximum Gasteiger partial charge on any atom is 0.238 e. The predicted molar refractivity (Wildman–Crippen MR) is 120 cm³/mol. The zero-order chi connectivity index (χ0) is 20.2. The third kappa shape index (κ3) is 5.21. The van der Waals surface area contributed by atoms with E-state index in [1.54, 1.807) is 11.3 Å². The van der Waals surface area contributed by atoms with E-state index < -0.39 is 0 Å². The van der Waals surface area contributed by atoms with Crippen LogP contribution in [0, 0.1) is 0 Å². The molecule has 1 amide bonds. The summed E-state index contributed by atoms with van der Waals surface area (Å²) in [5, 5.41) is 4.19. The quantitative estimate of drug-likeness (QED) is 0.665. The number of piperazine rings is 1. The first-order valence-electron chi connectivity index (χ1n) is 10.3. The molecule has 1 fully saturated rings. The van der Waals surface area contributed by atoms with Gasteiger partial charge in [-0.3, -0.25) is 14.6 Å². The number of thiazole rings is 1. The van der Waals surface area contributed by atoms with Crippen molar-refractivity contribution in [1.29, 1.82) is 0 Å². The summed E-state index contributed by atoms with van der Waals surface area (Å²) in [6.07, 6.45) is 0. The van der Waals surface area contributed by atoms with Crippen LogP contribution < -0.4 is 5.32 Å². The SMILES string of the molecule is CC(C)c1ccc(NC(=O)CN2CCN(Cc3nc4ccccc4s3)CC2)cc1. The van der Waals surface area contributed by atoms with Crippen molar-refractivity contribution >= 4 is 33.1 Å². The van der Waals surface area contributed by atoms with Gasteiger partial charge in [-0.2, -0.15) is 0 Å². The summed E-state index contributed by atoms with van der Waals surface area (Å²) in [6.45, 7) is 9.42. The summed E-state index contributed by atoms with van der Waals surface area (Å²) < 4.78 is 1.25. The second-order valence-corrected chi connectivity index (χ2v) is 9.07. The molecule has 0 bridgehead atoms. The van der Waals surface area contributed by atoms with E-state index >= 15 is 0 Å². The van der Waals surface area contributed by atoms with Crippen LogP contribution in [-0.4, -0.2) is 53.4 Å². The van der Waals surface area contributed by atoms with Gasteiger partial charge in [0.25, 0.3) is 0 Å². The van der Waals surface area contributed by atoms with Gasteiger partial charge >= 0.3 is 0 Å². The highest BCUT2D eigenvalue weighted by Gasteiger charge is 2.20. The molecule has 0 saturated carbocycles. The third-order valence-electron chi connectivity index (χ3n) is 5.39. The fraction of sp³-hybridized carbons (Fsp3) is 0.391. The van der Waals surface area contributed by atoms with E-state index in [4.69, 9.17) is 4.98 Å². The van der Waals surface area contributed by atoms with Crippen LogP contribution in [0.25, 0.3) is 10.2 Å². The van der Waals surface area contributed by atoms with Gasteiger partial charge in [-0.25, -0.2) is 4.98 Å². The summed E-state index contributed by atoms with van der Waals surface area (Å²) in [5.74, 6) is 0.556. The van der Waals surface area contributed by atoms with E-state index in [2.05, 4.69) is 59.3 Å². The standard InChI is InChI=1S/C23H28N4OS/c1-17(2)18-7-9-19(10-8-18)24-22(28)15-26-11-13-27(14-12-26)16-23-25-20-5-3-4-6-21(20)29-23/h3-10,17H,11-16H2,1-2H3,(H,24,28). The number of aromatic nitrogens is 1. The lowest BCUT2D eigenvalue weighted by molar-refractivity contribution is -0.117. The zero-order valence-electron chi connectivity index (χ0n) is 17.1. The lowest BCUT2D eigenvalue weighted by Gasteiger charge is -2.33. The van der Waals surface area contributed by atoms with Crippen molar-refractivity contribution in [2.45, 2.75) is 26.3 Å². The molecule has 29 heavy (non-hydrogen) atoms. The molecule has 0 spiro atoms. The van der Waals surface area contributed by atoms with E-state index in [0.29, 0.717) is 12.5 Å². The van der Waals surface area contributed by atoms with E-state index in [-0.39, 0.29) is 5.91 Å². The molecular formula is C23H28N4OS. The van der Waals surface area contributed by atoms with E-state index in [1.807, 2.05) is 18.2 Å². The van der Waals surface area contributed by atoms with Gasteiger partial charge in [-0.05, 0) is 35.7 Å². The predicted octanol–water partition coefficient (Wildman–Crippen LogP) is 4.18. The Bertz CT molecular complexity index is 925. The number of fused-ring (bicyclic) bond motifs is 1. The summed E-state index contributed by atoms with van der Waals surface area (Å²) in [7, 11) is 0. The van der Waals surface area contributed by atoms with Gasteiger partial charge in [0, 0.05) is 31.9 Å². The third-order valence-corrected chi connectivity index (χ3v) is 6.41. The number of carbonyl (C=O) groups excluding carboxylic acids is 1. The second kappa shape index (κ2) is 9.03. The Kier molecular flexibility index (Phi) is 6.23. The number of carbonyl (C=O) groups is 1. The van der Waals surface area contributed by atoms with Crippen molar-refractivity contribution < 1.29 is 4.79 Å². The molecule has 1 N–H and O–H groups in total. The first-order valence-corrected chi connectivity index (χ1v) is 11.1. The first-order chi connectivity index (χ1) is 14.1. The molecule has 2 aromatic carbocycles. The van der Waals surface area contributed by atoms with Gasteiger partial charge in [-0.1, -0.05) is 38.1 Å². The molecule has 3 aromatic rings.